The molecule has 1 saturated heterocycles. The van der Waals surface area contributed by atoms with Crippen LogP contribution in [0.4, 0.5) is 0 Å². The van der Waals surface area contributed by atoms with Crippen LogP contribution in [0, 0.1) is 23.7 Å². The molecule has 1 heterocycles. The number of ether oxygens (including phenoxy) is 2. The Morgan fingerprint density at radius 1 is 1.24 bits per heavy atom. The highest BCUT2D eigenvalue weighted by Crippen LogP contribution is 2.35. The Labute approximate surface area is 131 Å². The largest absolute Gasteiger partial charge is 0.381 e. The van der Waals surface area contributed by atoms with Gasteiger partial charge in [0.1, 0.15) is 0 Å². The molecule has 0 amide bonds. The summed E-state index contributed by atoms with van der Waals surface area (Å²) in [7, 11) is 0. The average molecular weight is 297 g/mol. The summed E-state index contributed by atoms with van der Waals surface area (Å²) in [6, 6.07) is 0.461. The quantitative estimate of drug-likeness (QED) is 0.780. The third-order valence-corrected chi connectivity index (χ3v) is 5.45. The maximum absolute atomic E-state index is 6.44. The molecule has 0 aromatic heterocycles. The molecule has 5 unspecified atom stereocenters. The van der Waals surface area contributed by atoms with Crippen molar-refractivity contribution in [1.82, 2.24) is 5.32 Å². The van der Waals surface area contributed by atoms with E-state index in [2.05, 4.69) is 33.0 Å². The second kappa shape index (κ2) is 8.50. The fourth-order valence-corrected chi connectivity index (χ4v) is 4.03. The average Bonchev–Trinajstić information content (AvgIpc) is 2.97. The summed E-state index contributed by atoms with van der Waals surface area (Å²) in [5, 5.41) is 3.61. The second-order valence-corrected chi connectivity index (χ2v) is 7.49. The van der Waals surface area contributed by atoms with Crippen molar-refractivity contribution in [1.29, 1.82) is 0 Å². The highest BCUT2D eigenvalue weighted by molar-refractivity contribution is 4.84. The first-order valence-corrected chi connectivity index (χ1v) is 9.04. The van der Waals surface area contributed by atoms with E-state index >= 15 is 0 Å². The van der Waals surface area contributed by atoms with Crippen molar-refractivity contribution in [3.63, 3.8) is 0 Å². The van der Waals surface area contributed by atoms with Gasteiger partial charge in [-0.05, 0) is 43.6 Å². The van der Waals surface area contributed by atoms with Gasteiger partial charge in [-0.25, -0.2) is 0 Å². The first-order valence-electron chi connectivity index (χ1n) is 9.04. The molecular weight excluding hydrogens is 262 g/mol. The van der Waals surface area contributed by atoms with E-state index < -0.39 is 0 Å². The fraction of sp³-hybridized carbons (Fsp3) is 1.00. The molecule has 1 N–H and O–H groups in total. The van der Waals surface area contributed by atoms with Crippen LogP contribution in [0.1, 0.15) is 53.4 Å². The van der Waals surface area contributed by atoms with Crippen molar-refractivity contribution in [2.24, 2.45) is 23.7 Å². The Bertz CT molecular complexity index is 289. The standard InChI is InChI=1S/C18H35NO2/c1-5-19-17(15-8-9-20-11-15)12-21-18-10-14(4)6-7-16(18)13(2)3/h13-19H,5-12H2,1-4H3. The van der Waals surface area contributed by atoms with Gasteiger partial charge in [-0.15, -0.1) is 0 Å². The number of hydrogen-bond donors (Lipinski definition) is 1. The second-order valence-electron chi connectivity index (χ2n) is 7.49. The molecule has 5 atom stereocenters. The topological polar surface area (TPSA) is 30.5 Å². The van der Waals surface area contributed by atoms with Crippen LogP contribution in [-0.2, 0) is 9.47 Å². The molecule has 2 rings (SSSR count). The Kier molecular flexibility index (Phi) is 6.97. The summed E-state index contributed by atoms with van der Waals surface area (Å²) in [6.07, 6.45) is 5.58. The molecule has 2 aliphatic rings. The molecule has 3 heteroatoms. The third-order valence-electron chi connectivity index (χ3n) is 5.45. The lowest BCUT2D eigenvalue weighted by Crippen LogP contribution is -2.43. The van der Waals surface area contributed by atoms with Gasteiger partial charge in [0, 0.05) is 18.6 Å². The summed E-state index contributed by atoms with van der Waals surface area (Å²) in [5.41, 5.74) is 0. The van der Waals surface area contributed by atoms with E-state index in [1.54, 1.807) is 0 Å². The number of likely N-dealkylation sites (N-methyl/N-ethyl adjacent to an activating group) is 1. The van der Waals surface area contributed by atoms with Gasteiger partial charge in [0.15, 0.2) is 0 Å². The molecule has 3 nitrogen and oxygen atoms in total. The summed E-state index contributed by atoms with van der Waals surface area (Å²) in [4.78, 5) is 0. The lowest BCUT2D eigenvalue weighted by Gasteiger charge is -2.38. The van der Waals surface area contributed by atoms with Crippen molar-refractivity contribution in [3.8, 4) is 0 Å². The van der Waals surface area contributed by atoms with E-state index in [1.165, 1.54) is 25.7 Å². The molecular formula is C18H35NO2. The molecule has 0 spiro atoms. The molecule has 2 fully saturated rings. The highest BCUT2D eigenvalue weighted by atomic mass is 16.5. The van der Waals surface area contributed by atoms with Crippen LogP contribution in [-0.4, -0.2) is 38.5 Å². The molecule has 1 aliphatic heterocycles. The summed E-state index contributed by atoms with van der Waals surface area (Å²) < 4.78 is 12.0. The van der Waals surface area contributed by atoms with Gasteiger partial charge < -0.3 is 14.8 Å². The van der Waals surface area contributed by atoms with Crippen LogP contribution in [0.25, 0.3) is 0 Å². The SMILES string of the molecule is CCNC(COC1CC(C)CCC1C(C)C)C1CCOC1. The molecule has 124 valence electrons. The van der Waals surface area contributed by atoms with E-state index in [0.717, 1.165) is 44.1 Å². The first kappa shape index (κ1) is 17.2. The van der Waals surface area contributed by atoms with Crippen LogP contribution in [0.5, 0.6) is 0 Å². The Morgan fingerprint density at radius 3 is 2.67 bits per heavy atom. The fourth-order valence-electron chi connectivity index (χ4n) is 4.03. The van der Waals surface area contributed by atoms with Crippen molar-refractivity contribution >= 4 is 0 Å². The van der Waals surface area contributed by atoms with Crippen molar-refractivity contribution in [2.75, 3.05) is 26.4 Å². The van der Waals surface area contributed by atoms with Crippen LogP contribution in [0.2, 0.25) is 0 Å². The molecule has 1 aliphatic carbocycles. The molecule has 0 aromatic rings. The van der Waals surface area contributed by atoms with Gasteiger partial charge in [0.05, 0.1) is 19.3 Å². The van der Waals surface area contributed by atoms with Gasteiger partial charge in [-0.1, -0.05) is 34.1 Å². The first-order chi connectivity index (χ1) is 10.1. The third kappa shape index (κ3) is 4.94. The summed E-state index contributed by atoms with van der Waals surface area (Å²) >= 11 is 0. The predicted octanol–water partition coefficient (Wildman–Crippen LogP) is 3.48. The molecule has 0 bridgehead atoms. The smallest absolute Gasteiger partial charge is 0.0627 e. The van der Waals surface area contributed by atoms with E-state index in [4.69, 9.17) is 9.47 Å². The van der Waals surface area contributed by atoms with Gasteiger partial charge in [-0.3, -0.25) is 0 Å². The monoisotopic (exact) mass is 297 g/mol. The zero-order valence-corrected chi connectivity index (χ0v) is 14.4. The van der Waals surface area contributed by atoms with Crippen LogP contribution in [0.3, 0.4) is 0 Å². The van der Waals surface area contributed by atoms with Gasteiger partial charge in [-0.2, -0.15) is 0 Å². The van der Waals surface area contributed by atoms with Gasteiger partial charge in [0.25, 0.3) is 0 Å². The maximum atomic E-state index is 6.44. The van der Waals surface area contributed by atoms with Crippen LogP contribution >= 0.6 is 0 Å². The van der Waals surface area contributed by atoms with Crippen LogP contribution < -0.4 is 5.32 Å². The normalized spacial score (nSPS) is 35.3. The minimum absolute atomic E-state index is 0.456. The van der Waals surface area contributed by atoms with E-state index in [9.17, 15) is 0 Å². The van der Waals surface area contributed by atoms with Crippen molar-refractivity contribution in [2.45, 2.75) is 65.5 Å². The maximum Gasteiger partial charge on any atom is 0.0627 e. The molecule has 0 aromatic carbocycles. The van der Waals surface area contributed by atoms with Crippen molar-refractivity contribution < 1.29 is 9.47 Å². The molecule has 1 saturated carbocycles. The highest BCUT2D eigenvalue weighted by Gasteiger charge is 2.33. The lowest BCUT2D eigenvalue weighted by atomic mass is 9.75. The summed E-state index contributed by atoms with van der Waals surface area (Å²) in [6.45, 7) is 12.9. The lowest BCUT2D eigenvalue weighted by molar-refractivity contribution is -0.0509. The Balaban J connectivity index is 1.87. The van der Waals surface area contributed by atoms with Crippen molar-refractivity contribution in [3.05, 3.63) is 0 Å². The summed E-state index contributed by atoms with van der Waals surface area (Å²) in [5.74, 6) is 2.92. The Morgan fingerprint density at radius 2 is 2.05 bits per heavy atom. The zero-order valence-electron chi connectivity index (χ0n) is 14.4. The van der Waals surface area contributed by atoms with Gasteiger partial charge in [0.2, 0.25) is 0 Å². The van der Waals surface area contributed by atoms with E-state index in [1.807, 2.05) is 0 Å². The van der Waals surface area contributed by atoms with E-state index in [0.29, 0.717) is 18.1 Å². The number of rotatable bonds is 7. The molecule has 0 radical (unpaired) electrons. The van der Waals surface area contributed by atoms with E-state index in [-0.39, 0.29) is 0 Å². The molecule has 21 heavy (non-hydrogen) atoms. The minimum atomic E-state index is 0.456. The van der Waals surface area contributed by atoms with Crippen LogP contribution in [0.15, 0.2) is 0 Å². The zero-order chi connectivity index (χ0) is 15.2. The minimum Gasteiger partial charge on any atom is -0.381 e. The van der Waals surface area contributed by atoms with Gasteiger partial charge >= 0.3 is 0 Å². The number of hydrogen-bond acceptors (Lipinski definition) is 3. The predicted molar refractivity (Wildman–Crippen MR) is 87.5 cm³/mol. The Hall–Kier alpha value is -0.120. The number of nitrogens with one attached hydrogen (secondary N) is 1.